The molecule has 0 spiro atoms. The molecule has 88 valence electrons. The zero-order valence-corrected chi connectivity index (χ0v) is 10.1. The van der Waals surface area contributed by atoms with Crippen molar-refractivity contribution in [1.29, 1.82) is 0 Å². The maximum atomic E-state index is 4.43. The molecule has 0 atom stereocenters. The highest BCUT2D eigenvalue weighted by atomic mass is 15.1. The average molecular weight is 228 g/mol. The fourth-order valence-electron chi connectivity index (χ4n) is 1.52. The van der Waals surface area contributed by atoms with E-state index in [9.17, 15) is 0 Å². The van der Waals surface area contributed by atoms with Crippen molar-refractivity contribution < 1.29 is 0 Å². The third kappa shape index (κ3) is 2.93. The van der Waals surface area contributed by atoms with Gasteiger partial charge in [-0.25, -0.2) is 9.97 Å². The molecule has 4 nitrogen and oxygen atoms in total. The Labute approximate surface area is 101 Å². The Morgan fingerprint density at radius 2 is 1.76 bits per heavy atom. The number of benzene rings is 1. The van der Waals surface area contributed by atoms with Crippen LogP contribution >= 0.6 is 0 Å². The number of hydrogen-bond acceptors (Lipinski definition) is 4. The lowest BCUT2D eigenvalue weighted by Crippen LogP contribution is -2.02. The summed E-state index contributed by atoms with van der Waals surface area (Å²) >= 11 is 0. The topological polar surface area (TPSA) is 49.8 Å². The number of aromatic nitrogens is 2. The van der Waals surface area contributed by atoms with Gasteiger partial charge in [0.15, 0.2) is 0 Å². The summed E-state index contributed by atoms with van der Waals surface area (Å²) in [6.45, 7) is 2.04. The molecule has 0 saturated carbocycles. The number of rotatable bonds is 4. The summed E-state index contributed by atoms with van der Waals surface area (Å²) in [6, 6.07) is 11.9. The molecular formula is C13H16N4. The molecule has 1 aromatic heterocycles. The number of hydrogen-bond donors (Lipinski definition) is 2. The summed E-state index contributed by atoms with van der Waals surface area (Å²) < 4.78 is 0. The second kappa shape index (κ2) is 5.30. The first-order valence-electron chi connectivity index (χ1n) is 5.69. The fraction of sp³-hybridized carbons (Fsp3) is 0.231. The standard InChI is InChI=1S/C13H16N4/c1-3-11-16-12(14-2)9-13(17-11)15-10-7-5-4-6-8-10/h4-9H,3H2,1-2H3,(H2,14,15,16,17). The van der Waals surface area contributed by atoms with E-state index in [0.29, 0.717) is 0 Å². The quantitative estimate of drug-likeness (QED) is 0.844. The van der Waals surface area contributed by atoms with Crippen LogP contribution in [0, 0.1) is 0 Å². The van der Waals surface area contributed by atoms with Gasteiger partial charge in [0.1, 0.15) is 17.5 Å². The number of anilines is 3. The van der Waals surface area contributed by atoms with E-state index >= 15 is 0 Å². The van der Waals surface area contributed by atoms with Crippen LogP contribution in [0.3, 0.4) is 0 Å². The van der Waals surface area contributed by atoms with E-state index in [4.69, 9.17) is 0 Å². The Balaban J connectivity index is 2.26. The summed E-state index contributed by atoms with van der Waals surface area (Å²) in [5, 5.41) is 6.30. The molecule has 2 aromatic rings. The molecular weight excluding hydrogens is 212 g/mol. The van der Waals surface area contributed by atoms with Crippen molar-refractivity contribution in [2.75, 3.05) is 17.7 Å². The van der Waals surface area contributed by atoms with Crippen molar-refractivity contribution in [3.8, 4) is 0 Å². The highest BCUT2D eigenvalue weighted by molar-refractivity contribution is 5.58. The van der Waals surface area contributed by atoms with Crippen molar-refractivity contribution >= 4 is 17.3 Å². The zero-order chi connectivity index (χ0) is 12.1. The van der Waals surface area contributed by atoms with Gasteiger partial charge in [-0.2, -0.15) is 0 Å². The lowest BCUT2D eigenvalue weighted by Gasteiger charge is -2.08. The van der Waals surface area contributed by atoms with Crippen molar-refractivity contribution in [2.24, 2.45) is 0 Å². The van der Waals surface area contributed by atoms with Gasteiger partial charge in [-0.15, -0.1) is 0 Å². The Bertz CT molecular complexity index is 460. The molecule has 17 heavy (non-hydrogen) atoms. The normalized spacial score (nSPS) is 10.0. The predicted octanol–water partition coefficient (Wildman–Crippen LogP) is 2.82. The third-order valence-electron chi connectivity index (χ3n) is 2.39. The van der Waals surface area contributed by atoms with Gasteiger partial charge in [0.25, 0.3) is 0 Å². The maximum absolute atomic E-state index is 4.43. The summed E-state index contributed by atoms with van der Waals surface area (Å²) in [7, 11) is 1.86. The van der Waals surface area contributed by atoms with Crippen LogP contribution in [0.15, 0.2) is 36.4 Å². The van der Waals surface area contributed by atoms with Gasteiger partial charge in [-0.3, -0.25) is 0 Å². The molecule has 0 bridgehead atoms. The first kappa shape index (κ1) is 11.4. The van der Waals surface area contributed by atoms with E-state index in [1.54, 1.807) is 0 Å². The highest BCUT2D eigenvalue weighted by Crippen LogP contribution is 2.16. The first-order chi connectivity index (χ1) is 8.31. The molecule has 0 fully saturated rings. The Morgan fingerprint density at radius 3 is 2.41 bits per heavy atom. The van der Waals surface area contributed by atoms with Crippen LogP contribution in [0.5, 0.6) is 0 Å². The van der Waals surface area contributed by atoms with Gasteiger partial charge >= 0.3 is 0 Å². The molecule has 2 N–H and O–H groups in total. The van der Waals surface area contributed by atoms with E-state index in [0.717, 1.165) is 29.6 Å². The van der Waals surface area contributed by atoms with Gasteiger partial charge in [-0.05, 0) is 12.1 Å². The number of para-hydroxylation sites is 1. The van der Waals surface area contributed by atoms with Crippen LogP contribution in [-0.4, -0.2) is 17.0 Å². The van der Waals surface area contributed by atoms with Gasteiger partial charge in [0.2, 0.25) is 0 Å². The lowest BCUT2D eigenvalue weighted by atomic mass is 10.3. The second-order valence-electron chi connectivity index (χ2n) is 3.65. The SMILES string of the molecule is CCc1nc(NC)cc(Nc2ccccc2)n1. The van der Waals surface area contributed by atoms with E-state index in [2.05, 4.69) is 20.6 Å². The molecule has 0 aliphatic rings. The minimum Gasteiger partial charge on any atom is -0.373 e. The van der Waals surface area contributed by atoms with Crippen LogP contribution in [-0.2, 0) is 6.42 Å². The minimum atomic E-state index is 0.812. The fourth-order valence-corrected chi connectivity index (χ4v) is 1.52. The predicted molar refractivity (Wildman–Crippen MR) is 70.7 cm³/mol. The van der Waals surface area contributed by atoms with Crippen LogP contribution < -0.4 is 10.6 Å². The Hall–Kier alpha value is -2.10. The molecule has 0 aliphatic carbocycles. The molecule has 1 heterocycles. The monoisotopic (exact) mass is 228 g/mol. The molecule has 2 rings (SSSR count). The van der Waals surface area contributed by atoms with Crippen LogP contribution in [0.4, 0.5) is 17.3 Å². The Morgan fingerprint density at radius 1 is 1.06 bits per heavy atom. The zero-order valence-electron chi connectivity index (χ0n) is 10.1. The van der Waals surface area contributed by atoms with Crippen molar-refractivity contribution in [3.05, 3.63) is 42.2 Å². The molecule has 0 unspecified atom stereocenters. The van der Waals surface area contributed by atoms with Gasteiger partial charge < -0.3 is 10.6 Å². The molecule has 0 amide bonds. The van der Waals surface area contributed by atoms with Gasteiger partial charge in [0.05, 0.1) is 0 Å². The third-order valence-corrected chi connectivity index (χ3v) is 2.39. The lowest BCUT2D eigenvalue weighted by molar-refractivity contribution is 0.945. The van der Waals surface area contributed by atoms with Crippen molar-refractivity contribution in [3.63, 3.8) is 0 Å². The minimum absolute atomic E-state index is 0.812. The van der Waals surface area contributed by atoms with E-state index < -0.39 is 0 Å². The molecule has 0 aliphatic heterocycles. The van der Waals surface area contributed by atoms with Gasteiger partial charge in [-0.1, -0.05) is 25.1 Å². The molecule has 0 radical (unpaired) electrons. The van der Waals surface area contributed by atoms with E-state index in [1.165, 1.54) is 0 Å². The molecule has 0 saturated heterocycles. The summed E-state index contributed by atoms with van der Waals surface area (Å²) in [5.41, 5.74) is 1.02. The second-order valence-corrected chi connectivity index (χ2v) is 3.65. The smallest absolute Gasteiger partial charge is 0.136 e. The number of nitrogens with one attached hydrogen (secondary N) is 2. The van der Waals surface area contributed by atoms with Crippen LogP contribution in [0.1, 0.15) is 12.7 Å². The number of nitrogens with zero attached hydrogens (tertiary/aromatic N) is 2. The summed E-state index contributed by atoms with van der Waals surface area (Å²) in [5.74, 6) is 2.47. The Kier molecular flexibility index (Phi) is 3.55. The van der Waals surface area contributed by atoms with Crippen molar-refractivity contribution in [2.45, 2.75) is 13.3 Å². The maximum Gasteiger partial charge on any atom is 0.136 e. The van der Waals surface area contributed by atoms with E-state index in [1.807, 2.05) is 50.4 Å². The van der Waals surface area contributed by atoms with Crippen molar-refractivity contribution in [1.82, 2.24) is 9.97 Å². The summed E-state index contributed by atoms with van der Waals surface area (Å²) in [6.07, 6.45) is 0.818. The van der Waals surface area contributed by atoms with Crippen LogP contribution in [0.25, 0.3) is 0 Å². The number of aryl methyl sites for hydroxylation is 1. The van der Waals surface area contributed by atoms with Crippen LogP contribution in [0.2, 0.25) is 0 Å². The van der Waals surface area contributed by atoms with E-state index in [-0.39, 0.29) is 0 Å². The molecule has 1 aromatic carbocycles. The van der Waals surface area contributed by atoms with Gasteiger partial charge in [0, 0.05) is 25.2 Å². The largest absolute Gasteiger partial charge is 0.373 e. The first-order valence-corrected chi connectivity index (χ1v) is 5.69. The molecule has 4 heteroatoms. The highest BCUT2D eigenvalue weighted by Gasteiger charge is 2.02. The summed E-state index contributed by atoms with van der Waals surface area (Å²) in [4.78, 5) is 8.78. The average Bonchev–Trinajstić information content (AvgIpc) is 2.39.